The number of amides is 1. The first kappa shape index (κ1) is 16.8. The van der Waals surface area contributed by atoms with E-state index < -0.39 is 6.09 Å². The molecule has 0 bridgehead atoms. The van der Waals surface area contributed by atoms with Crippen LogP contribution in [0, 0.1) is 5.92 Å². The molecule has 92 valence electrons. The summed E-state index contributed by atoms with van der Waals surface area (Å²) in [7, 11) is 0. The second-order valence-corrected chi connectivity index (χ2v) is 4.17. The van der Waals surface area contributed by atoms with Gasteiger partial charge in [-0.1, -0.05) is 50.3 Å². The number of hydrogen-bond acceptors (Lipinski definition) is 2. The molecule has 1 aromatic rings. The van der Waals surface area contributed by atoms with E-state index in [-0.39, 0.29) is 25.0 Å². The third-order valence-corrected chi connectivity index (χ3v) is 2.03. The molecule has 0 saturated carbocycles. The van der Waals surface area contributed by atoms with Gasteiger partial charge in [0.05, 0.1) is 0 Å². The van der Waals surface area contributed by atoms with Crippen molar-refractivity contribution in [2.75, 3.05) is 0 Å². The number of nitrogens with zero attached hydrogens (tertiary/aromatic N) is 1. The van der Waals surface area contributed by atoms with Crippen LogP contribution in [0.3, 0.4) is 0 Å². The molecule has 1 rings (SSSR count). The van der Waals surface area contributed by atoms with Crippen molar-refractivity contribution in [3.8, 4) is 0 Å². The summed E-state index contributed by atoms with van der Waals surface area (Å²) in [5.41, 5.74) is 0.609. The van der Waals surface area contributed by atoms with Crippen LogP contribution < -0.4 is 18.9 Å². The monoisotopic (exact) mass is 239 g/mol. The molecular weight excluding hydrogens is 221 g/mol. The third-order valence-electron chi connectivity index (χ3n) is 2.03. The summed E-state index contributed by atoms with van der Waals surface area (Å²) in [5, 5.41) is 3.83. The Morgan fingerprint density at radius 2 is 1.78 bits per heavy atom. The number of para-hydroxylation sites is 1. The third kappa shape index (κ3) is 7.21. The smallest absolute Gasteiger partial charge is 0.591 e. The number of rotatable bonds is 4. The van der Waals surface area contributed by atoms with Crippen molar-refractivity contribution in [1.29, 1.82) is 0 Å². The first-order valence-electron chi connectivity index (χ1n) is 5.73. The summed E-state index contributed by atoms with van der Waals surface area (Å²) >= 11 is 0. The summed E-state index contributed by atoms with van der Waals surface area (Å²) in [4.78, 5) is 11.4. The molecule has 0 N–H and O–H groups in total. The standard InChI is InChI=1S/C14H19NO2.Li/c1-11(2)9-10-12(3)17-14(16)15-13-7-5-4-6-8-13;/h4-12H,1-3H3,(H,15,16);/q;+1/p-1/b10-9-;. The predicted molar refractivity (Wildman–Crippen MR) is 69.4 cm³/mol. The molecular formula is C14H18LiNO2. The fourth-order valence-corrected chi connectivity index (χ4v) is 1.21. The Morgan fingerprint density at radius 3 is 2.33 bits per heavy atom. The van der Waals surface area contributed by atoms with E-state index in [1.54, 1.807) is 12.1 Å². The van der Waals surface area contributed by atoms with Crippen molar-refractivity contribution >= 4 is 11.8 Å². The van der Waals surface area contributed by atoms with Gasteiger partial charge in [0.2, 0.25) is 6.09 Å². The van der Waals surface area contributed by atoms with Gasteiger partial charge in [0.15, 0.2) is 0 Å². The maximum atomic E-state index is 11.4. The van der Waals surface area contributed by atoms with Crippen LogP contribution in [0.4, 0.5) is 10.5 Å². The average molecular weight is 239 g/mol. The Kier molecular flexibility index (Phi) is 8.27. The maximum absolute atomic E-state index is 11.4. The predicted octanol–water partition coefficient (Wildman–Crippen LogP) is 1.43. The Morgan fingerprint density at radius 1 is 1.17 bits per heavy atom. The van der Waals surface area contributed by atoms with Crippen molar-refractivity contribution in [3.63, 3.8) is 0 Å². The number of hydrogen-bond donors (Lipinski definition) is 0. The Labute approximate surface area is 121 Å². The van der Waals surface area contributed by atoms with Crippen molar-refractivity contribution < 1.29 is 28.4 Å². The van der Waals surface area contributed by atoms with Gasteiger partial charge in [0, 0.05) is 0 Å². The molecule has 0 spiro atoms. The molecule has 4 heteroatoms. The summed E-state index contributed by atoms with van der Waals surface area (Å²) in [6.45, 7) is 5.95. The van der Waals surface area contributed by atoms with Gasteiger partial charge in [-0.05, 0) is 18.9 Å². The Bertz CT molecular complexity index is 377. The molecule has 0 aliphatic heterocycles. The zero-order chi connectivity index (χ0) is 12.7. The molecule has 0 saturated heterocycles. The van der Waals surface area contributed by atoms with Gasteiger partial charge in [-0.2, -0.15) is 0 Å². The van der Waals surface area contributed by atoms with Gasteiger partial charge in [0.25, 0.3) is 0 Å². The number of benzene rings is 1. The summed E-state index contributed by atoms with van der Waals surface area (Å²) in [6, 6.07) is 9.05. The van der Waals surface area contributed by atoms with Crippen LogP contribution in [-0.2, 0) is 4.74 Å². The van der Waals surface area contributed by atoms with Gasteiger partial charge in [-0.15, -0.1) is 5.69 Å². The van der Waals surface area contributed by atoms with Crippen molar-refractivity contribution in [2.24, 2.45) is 5.92 Å². The zero-order valence-corrected chi connectivity index (χ0v) is 11.5. The first-order chi connectivity index (χ1) is 8.08. The van der Waals surface area contributed by atoms with Crippen LogP contribution >= 0.6 is 0 Å². The van der Waals surface area contributed by atoms with Crippen LogP contribution in [0.2, 0.25) is 0 Å². The van der Waals surface area contributed by atoms with E-state index >= 15 is 0 Å². The molecule has 1 amide bonds. The molecule has 1 aromatic carbocycles. The van der Waals surface area contributed by atoms with Gasteiger partial charge in [-0.25, -0.2) is 0 Å². The second-order valence-electron chi connectivity index (χ2n) is 4.17. The van der Waals surface area contributed by atoms with Gasteiger partial charge in [-0.3, -0.25) is 4.79 Å². The minimum Gasteiger partial charge on any atom is -0.591 e. The molecule has 0 aliphatic carbocycles. The van der Waals surface area contributed by atoms with E-state index in [1.165, 1.54) is 0 Å². The van der Waals surface area contributed by atoms with Crippen LogP contribution in [0.25, 0.3) is 5.32 Å². The fraction of sp³-hybridized carbons (Fsp3) is 0.357. The number of allylic oxidation sites excluding steroid dienone is 1. The Balaban J connectivity index is 0.00000289. The molecule has 0 radical (unpaired) electrons. The van der Waals surface area contributed by atoms with E-state index in [2.05, 4.69) is 19.2 Å². The van der Waals surface area contributed by atoms with Crippen molar-refractivity contribution in [3.05, 3.63) is 47.8 Å². The van der Waals surface area contributed by atoms with Gasteiger partial charge in [0.1, 0.15) is 6.10 Å². The average Bonchev–Trinajstić information content (AvgIpc) is 2.27. The number of carbonyl (C=O) groups is 1. The van der Waals surface area contributed by atoms with Crippen LogP contribution in [-0.4, -0.2) is 12.2 Å². The van der Waals surface area contributed by atoms with Gasteiger partial charge >= 0.3 is 18.9 Å². The normalized spacial score (nSPS) is 12.0. The Hall–Kier alpha value is -1.17. The van der Waals surface area contributed by atoms with E-state index in [1.807, 2.05) is 37.3 Å². The van der Waals surface area contributed by atoms with E-state index in [4.69, 9.17) is 4.74 Å². The molecule has 0 aromatic heterocycles. The van der Waals surface area contributed by atoms with Crippen LogP contribution in [0.1, 0.15) is 20.8 Å². The minimum absolute atomic E-state index is 0. The van der Waals surface area contributed by atoms with E-state index in [9.17, 15) is 4.79 Å². The second kappa shape index (κ2) is 8.85. The first-order valence-corrected chi connectivity index (χ1v) is 5.73. The number of carbonyl (C=O) groups excluding carboxylic acids is 1. The molecule has 0 heterocycles. The molecule has 0 aliphatic rings. The van der Waals surface area contributed by atoms with Crippen molar-refractivity contribution in [2.45, 2.75) is 26.9 Å². The number of ether oxygens (including phenoxy) is 1. The van der Waals surface area contributed by atoms with Crippen molar-refractivity contribution in [1.82, 2.24) is 0 Å². The summed E-state index contributed by atoms with van der Waals surface area (Å²) in [6.07, 6.45) is 3.05. The summed E-state index contributed by atoms with van der Waals surface area (Å²) in [5.74, 6) is 0.446. The molecule has 0 fully saturated rings. The molecule has 18 heavy (non-hydrogen) atoms. The zero-order valence-electron chi connectivity index (χ0n) is 11.5. The fourth-order valence-electron chi connectivity index (χ4n) is 1.21. The SMILES string of the molecule is CC(C)/C=C\C(C)OC(=O)[N-]c1ccccc1.[Li+]. The van der Waals surface area contributed by atoms with E-state index in [0.29, 0.717) is 11.6 Å². The molecule has 1 unspecified atom stereocenters. The van der Waals surface area contributed by atoms with E-state index in [0.717, 1.165) is 0 Å². The molecule has 1 atom stereocenters. The topological polar surface area (TPSA) is 40.4 Å². The minimum atomic E-state index is -0.558. The van der Waals surface area contributed by atoms with Gasteiger partial charge < -0.3 is 10.1 Å². The quantitative estimate of drug-likeness (QED) is 0.589. The summed E-state index contributed by atoms with van der Waals surface area (Å²) < 4.78 is 5.11. The molecule has 3 nitrogen and oxygen atoms in total. The van der Waals surface area contributed by atoms with Crippen LogP contribution in [0.15, 0.2) is 42.5 Å². The van der Waals surface area contributed by atoms with Crippen LogP contribution in [0.5, 0.6) is 0 Å². The largest absolute Gasteiger partial charge is 1.00 e. The maximum Gasteiger partial charge on any atom is 1.00 e.